The van der Waals surface area contributed by atoms with Crippen LogP contribution < -0.4 is 10.6 Å². The van der Waals surface area contributed by atoms with E-state index in [0.717, 1.165) is 25.7 Å². The van der Waals surface area contributed by atoms with Gasteiger partial charge in [0.05, 0.1) is 42.6 Å². The number of hydrogen-bond donors (Lipinski definition) is 2. The zero-order valence-electron chi connectivity index (χ0n) is 23.4. The molecule has 0 spiro atoms. The highest BCUT2D eigenvalue weighted by atomic mass is 19.4. The first-order valence-electron chi connectivity index (χ1n) is 14.7. The maximum Gasteiger partial charge on any atom is 0.389 e. The number of halogens is 5. The van der Waals surface area contributed by atoms with Gasteiger partial charge in [-0.2, -0.15) is 23.1 Å². The molecule has 0 radical (unpaired) electrons. The SMILES string of the molecule is O=C(CCC(F)(F)F)NC(c1ccn2cc([C@@H](NC(=O)c3cnn(CC4CC4)n3)C3CCC(F)(F)CC3)nc2n1)C1CC1. The number of rotatable bonds is 11. The molecule has 3 heterocycles. The average Bonchev–Trinajstić information content (AvgIpc) is 3.87. The molecule has 0 bridgehead atoms. The van der Waals surface area contributed by atoms with Crippen LogP contribution >= 0.6 is 0 Å². The second-order valence-electron chi connectivity index (χ2n) is 12.1. The first kappa shape index (κ1) is 29.4. The van der Waals surface area contributed by atoms with Gasteiger partial charge in [0.15, 0.2) is 5.69 Å². The van der Waals surface area contributed by atoms with Crippen LogP contribution in [0.1, 0.15) is 98.2 Å². The van der Waals surface area contributed by atoms with Gasteiger partial charge in [0, 0.05) is 31.7 Å². The predicted octanol–water partition coefficient (Wildman–Crippen LogP) is 4.94. The molecule has 2 N–H and O–H groups in total. The fraction of sp³-hybridized carbons (Fsp3) is 0.643. The maximum atomic E-state index is 14.0. The van der Waals surface area contributed by atoms with Crippen LogP contribution in [-0.4, -0.2) is 53.3 Å². The Labute approximate surface area is 243 Å². The molecule has 43 heavy (non-hydrogen) atoms. The third kappa shape index (κ3) is 7.47. The van der Waals surface area contributed by atoms with Gasteiger partial charge < -0.3 is 10.6 Å². The molecular formula is C28H33F5N8O2. The zero-order chi connectivity index (χ0) is 30.4. The topological polar surface area (TPSA) is 119 Å². The number of carbonyl (C=O) groups excluding carboxylic acids is 2. The van der Waals surface area contributed by atoms with Crippen LogP contribution in [0.5, 0.6) is 0 Å². The van der Waals surface area contributed by atoms with Gasteiger partial charge in [0.25, 0.3) is 5.91 Å². The molecule has 3 aromatic rings. The summed E-state index contributed by atoms with van der Waals surface area (Å²) < 4.78 is 67.5. The zero-order valence-corrected chi connectivity index (χ0v) is 23.4. The molecule has 6 rings (SSSR count). The van der Waals surface area contributed by atoms with Crippen molar-refractivity contribution in [3.05, 3.63) is 41.7 Å². The maximum absolute atomic E-state index is 14.0. The minimum absolute atomic E-state index is 0.0588. The number of hydrogen-bond acceptors (Lipinski definition) is 6. The van der Waals surface area contributed by atoms with Crippen LogP contribution in [0.2, 0.25) is 0 Å². The summed E-state index contributed by atoms with van der Waals surface area (Å²) in [5.74, 6) is -3.41. The lowest BCUT2D eigenvalue weighted by atomic mass is 9.81. The largest absolute Gasteiger partial charge is 0.389 e. The Kier molecular flexibility index (Phi) is 7.84. The summed E-state index contributed by atoms with van der Waals surface area (Å²) in [6.45, 7) is 0.638. The molecule has 15 heteroatoms. The Morgan fingerprint density at radius 3 is 2.33 bits per heavy atom. The predicted molar refractivity (Wildman–Crippen MR) is 142 cm³/mol. The van der Waals surface area contributed by atoms with Gasteiger partial charge in [-0.25, -0.2) is 18.7 Å². The molecule has 232 valence electrons. The fourth-order valence-electron chi connectivity index (χ4n) is 5.66. The van der Waals surface area contributed by atoms with E-state index in [4.69, 9.17) is 0 Å². The van der Waals surface area contributed by atoms with Gasteiger partial charge >= 0.3 is 6.18 Å². The smallest absolute Gasteiger partial charge is 0.347 e. The Hall–Kier alpha value is -3.65. The molecule has 0 aromatic carbocycles. The van der Waals surface area contributed by atoms with Crippen LogP contribution in [0.3, 0.4) is 0 Å². The molecule has 3 saturated carbocycles. The lowest BCUT2D eigenvalue weighted by molar-refractivity contribution is -0.144. The van der Waals surface area contributed by atoms with Gasteiger partial charge in [0.1, 0.15) is 0 Å². The third-order valence-electron chi connectivity index (χ3n) is 8.46. The van der Waals surface area contributed by atoms with Crippen LogP contribution in [0.15, 0.2) is 24.7 Å². The lowest BCUT2D eigenvalue weighted by Crippen LogP contribution is -2.37. The number of amides is 2. The first-order valence-corrected chi connectivity index (χ1v) is 14.7. The second-order valence-corrected chi connectivity index (χ2v) is 12.1. The van der Waals surface area contributed by atoms with E-state index in [1.807, 2.05) is 0 Å². The van der Waals surface area contributed by atoms with Crippen molar-refractivity contribution < 1.29 is 31.5 Å². The normalized spacial score (nSPS) is 20.6. The minimum Gasteiger partial charge on any atom is -0.347 e. The monoisotopic (exact) mass is 608 g/mol. The van der Waals surface area contributed by atoms with Crippen LogP contribution in [0.25, 0.3) is 5.78 Å². The molecule has 2 amide bonds. The van der Waals surface area contributed by atoms with Crippen LogP contribution in [0.4, 0.5) is 22.0 Å². The van der Waals surface area contributed by atoms with Crippen molar-refractivity contribution in [3.8, 4) is 0 Å². The molecule has 3 fully saturated rings. The van der Waals surface area contributed by atoms with E-state index in [9.17, 15) is 31.5 Å². The Morgan fingerprint density at radius 1 is 0.977 bits per heavy atom. The Bertz CT molecular complexity index is 1470. The van der Waals surface area contributed by atoms with Crippen LogP contribution in [0, 0.1) is 17.8 Å². The molecule has 0 saturated heterocycles. The number of nitrogens with one attached hydrogen (secondary N) is 2. The molecule has 2 atom stereocenters. The van der Waals surface area contributed by atoms with E-state index >= 15 is 0 Å². The second kappa shape index (κ2) is 11.5. The quantitative estimate of drug-likeness (QED) is 0.298. The van der Waals surface area contributed by atoms with Crippen molar-refractivity contribution in [2.24, 2.45) is 17.8 Å². The van der Waals surface area contributed by atoms with Crippen molar-refractivity contribution in [1.29, 1.82) is 0 Å². The molecule has 3 aliphatic rings. The highest BCUT2D eigenvalue weighted by molar-refractivity contribution is 5.92. The number of alkyl halides is 5. The minimum atomic E-state index is -4.43. The highest BCUT2D eigenvalue weighted by Crippen LogP contribution is 2.42. The summed E-state index contributed by atoms with van der Waals surface area (Å²) in [7, 11) is 0. The summed E-state index contributed by atoms with van der Waals surface area (Å²) in [6, 6.07) is 0.433. The number of aromatic nitrogens is 6. The number of carbonyl (C=O) groups is 2. The van der Waals surface area contributed by atoms with Crippen LogP contribution in [-0.2, 0) is 11.3 Å². The average molecular weight is 609 g/mol. The lowest BCUT2D eigenvalue weighted by Gasteiger charge is -2.33. The van der Waals surface area contributed by atoms with Crippen molar-refractivity contribution in [2.45, 2.75) is 94.9 Å². The summed E-state index contributed by atoms with van der Waals surface area (Å²) >= 11 is 0. The summed E-state index contributed by atoms with van der Waals surface area (Å²) in [5, 5.41) is 14.1. The van der Waals surface area contributed by atoms with E-state index in [1.165, 1.54) is 11.0 Å². The van der Waals surface area contributed by atoms with Gasteiger partial charge in [0.2, 0.25) is 17.6 Å². The standard InChI is InChI=1S/C28H33F5N8O2/c29-27(30)9-5-18(6-10-27)24(38-25(43)20-13-34-41(39-20)14-16-1-2-16)21-15-40-12-8-19(35-26(40)36-21)23(17-3-4-17)37-22(42)7-11-28(31,32)33/h8,12-13,15-18,23-24H,1-7,9-11,14H2,(H,37,42)(H,38,43)/t23?,24-/m0/s1. The highest BCUT2D eigenvalue weighted by Gasteiger charge is 2.40. The number of nitrogens with zero attached hydrogens (tertiary/aromatic N) is 6. The van der Waals surface area contributed by atoms with Gasteiger partial charge in [-0.1, -0.05) is 0 Å². The molecular weight excluding hydrogens is 575 g/mol. The van der Waals surface area contributed by atoms with Crippen molar-refractivity contribution in [3.63, 3.8) is 0 Å². The van der Waals surface area contributed by atoms with E-state index in [-0.39, 0.29) is 49.0 Å². The molecule has 3 aliphatic carbocycles. The van der Waals surface area contributed by atoms with Crippen molar-refractivity contribution >= 4 is 17.6 Å². The molecule has 3 aromatic heterocycles. The fourth-order valence-corrected chi connectivity index (χ4v) is 5.66. The van der Waals surface area contributed by atoms with E-state index in [0.29, 0.717) is 23.9 Å². The molecule has 10 nitrogen and oxygen atoms in total. The van der Waals surface area contributed by atoms with E-state index in [1.54, 1.807) is 22.9 Å². The van der Waals surface area contributed by atoms with Gasteiger partial charge in [-0.05, 0) is 62.3 Å². The first-order chi connectivity index (χ1) is 20.4. The van der Waals surface area contributed by atoms with Gasteiger partial charge in [-0.15, -0.1) is 5.10 Å². The number of fused-ring (bicyclic) bond motifs is 1. The van der Waals surface area contributed by atoms with E-state index < -0.39 is 48.8 Å². The van der Waals surface area contributed by atoms with Gasteiger partial charge in [-0.3, -0.25) is 14.0 Å². The third-order valence-corrected chi connectivity index (χ3v) is 8.46. The van der Waals surface area contributed by atoms with E-state index in [2.05, 4.69) is 30.8 Å². The number of imidazole rings is 1. The Balaban J connectivity index is 1.22. The summed E-state index contributed by atoms with van der Waals surface area (Å²) in [5.41, 5.74) is 1.04. The molecule has 1 unspecified atom stereocenters. The van der Waals surface area contributed by atoms with Crippen molar-refractivity contribution in [2.75, 3.05) is 0 Å². The van der Waals surface area contributed by atoms with Crippen molar-refractivity contribution in [1.82, 2.24) is 40.0 Å². The molecule has 0 aliphatic heterocycles. The summed E-state index contributed by atoms with van der Waals surface area (Å²) in [6.07, 6.45) is 2.06. The Morgan fingerprint density at radius 2 is 1.65 bits per heavy atom. The summed E-state index contributed by atoms with van der Waals surface area (Å²) in [4.78, 5) is 36.3.